The summed E-state index contributed by atoms with van der Waals surface area (Å²) >= 11 is 0. The van der Waals surface area contributed by atoms with Gasteiger partial charge in [-0.15, -0.1) is 0 Å². The van der Waals surface area contributed by atoms with Crippen LogP contribution in [0.4, 0.5) is 0 Å². The van der Waals surface area contributed by atoms with Crippen LogP contribution in [-0.4, -0.2) is 26.8 Å². The van der Waals surface area contributed by atoms with Gasteiger partial charge in [0.25, 0.3) is 0 Å². The molecular weight excluding hydrogens is 260 g/mol. The predicted octanol–water partition coefficient (Wildman–Crippen LogP) is 1.81. The van der Waals surface area contributed by atoms with Crippen molar-refractivity contribution >= 4 is 10.0 Å². The van der Waals surface area contributed by atoms with Crippen LogP contribution < -0.4 is 10.0 Å². The molecule has 0 bridgehead atoms. The van der Waals surface area contributed by atoms with E-state index in [0.29, 0.717) is 12.5 Å². The van der Waals surface area contributed by atoms with Gasteiger partial charge in [-0.2, -0.15) is 0 Å². The maximum absolute atomic E-state index is 11.9. The monoisotopic (exact) mass is 282 g/mol. The van der Waals surface area contributed by atoms with Crippen LogP contribution in [0, 0.1) is 0 Å². The molecule has 1 aromatic rings. The minimum Gasteiger partial charge on any atom is -0.314 e. The van der Waals surface area contributed by atoms with E-state index in [1.807, 2.05) is 37.3 Å². The lowest BCUT2D eigenvalue weighted by Crippen LogP contribution is -2.30. The average Bonchev–Trinajstić information content (AvgIpc) is 3.19. The third kappa shape index (κ3) is 5.30. The van der Waals surface area contributed by atoms with Crippen molar-refractivity contribution < 1.29 is 8.42 Å². The summed E-state index contributed by atoms with van der Waals surface area (Å²) in [6.07, 6.45) is 3.12. The van der Waals surface area contributed by atoms with E-state index in [1.54, 1.807) is 0 Å². The van der Waals surface area contributed by atoms with Gasteiger partial charge in [0.1, 0.15) is 0 Å². The van der Waals surface area contributed by atoms with Gasteiger partial charge < -0.3 is 5.32 Å². The number of nitrogens with one attached hydrogen (secondary N) is 2. The molecule has 0 heterocycles. The molecule has 0 spiro atoms. The second-order valence-electron chi connectivity index (χ2n) is 5.15. The minimum atomic E-state index is -3.20. The highest BCUT2D eigenvalue weighted by molar-refractivity contribution is 7.89. The zero-order valence-electron chi connectivity index (χ0n) is 11.3. The van der Waals surface area contributed by atoms with Crippen LogP contribution in [0.1, 0.15) is 37.8 Å². The predicted molar refractivity (Wildman–Crippen MR) is 77.4 cm³/mol. The minimum absolute atomic E-state index is 0.178. The van der Waals surface area contributed by atoms with Gasteiger partial charge >= 0.3 is 0 Å². The summed E-state index contributed by atoms with van der Waals surface area (Å²) in [4.78, 5) is 0. The average molecular weight is 282 g/mol. The molecule has 0 saturated heterocycles. The summed E-state index contributed by atoms with van der Waals surface area (Å²) in [6, 6.07) is 10.1. The number of hydrogen-bond donors (Lipinski definition) is 2. The van der Waals surface area contributed by atoms with Crippen LogP contribution in [0.15, 0.2) is 30.3 Å². The highest BCUT2D eigenvalue weighted by Crippen LogP contribution is 2.18. The number of benzene rings is 1. The first-order valence-corrected chi connectivity index (χ1v) is 8.50. The Balaban J connectivity index is 1.75. The van der Waals surface area contributed by atoms with Gasteiger partial charge in [-0.25, -0.2) is 13.1 Å². The zero-order valence-corrected chi connectivity index (χ0v) is 12.1. The van der Waals surface area contributed by atoms with E-state index in [1.165, 1.54) is 12.8 Å². The van der Waals surface area contributed by atoms with Crippen LogP contribution in [0.25, 0.3) is 0 Å². The molecule has 2 N–H and O–H groups in total. The molecule has 1 aliphatic rings. The van der Waals surface area contributed by atoms with Gasteiger partial charge in [-0.1, -0.05) is 30.3 Å². The van der Waals surface area contributed by atoms with Crippen molar-refractivity contribution in [3.05, 3.63) is 35.9 Å². The van der Waals surface area contributed by atoms with Gasteiger partial charge in [0.05, 0.1) is 5.75 Å². The molecule has 0 aromatic heterocycles. The largest absolute Gasteiger partial charge is 0.314 e. The summed E-state index contributed by atoms with van der Waals surface area (Å²) in [6.45, 7) is 2.65. The number of rotatable bonds is 8. The second-order valence-corrected chi connectivity index (χ2v) is 7.02. The molecular formula is C14H22N2O2S. The van der Waals surface area contributed by atoms with Crippen LogP contribution in [0.3, 0.4) is 0 Å². The fraction of sp³-hybridized carbons (Fsp3) is 0.571. The molecule has 0 radical (unpaired) electrons. The lowest BCUT2D eigenvalue weighted by Gasteiger charge is -2.14. The summed E-state index contributed by atoms with van der Waals surface area (Å²) < 4.78 is 26.6. The maximum atomic E-state index is 11.9. The van der Waals surface area contributed by atoms with Gasteiger partial charge in [-0.05, 0) is 38.3 Å². The highest BCUT2D eigenvalue weighted by atomic mass is 32.2. The summed E-state index contributed by atoms with van der Waals surface area (Å²) in [5.41, 5.74) is 0.988. The van der Waals surface area contributed by atoms with E-state index >= 15 is 0 Å². The van der Waals surface area contributed by atoms with Gasteiger partial charge in [0.15, 0.2) is 0 Å². The third-order valence-corrected chi connectivity index (χ3v) is 4.79. The Kier molecular flexibility index (Phi) is 4.96. The molecule has 2 rings (SSSR count). The standard InChI is InChI=1S/C14H22N2O2S/c1-12(13-6-3-2-4-7-13)16-19(17,18)11-5-10-15-14-8-9-14/h2-4,6-7,12,14-16H,5,8-11H2,1H3. The van der Waals surface area contributed by atoms with Gasteiger partial charge in [0.2, 0.25) is 10.0 Å². The van der Waals surface area contributed by atoms with E-state index in [2.05, 4.69) is 10.0 Å². The molecule has 1 unspecified atom stereocenters. The van der Waals surface area contributed by atoms with Gasteiger partial charge in [0, 0.05) is 12.1 Å². The highest BCUT2D eigenvalue weighted by Gasteiger charge is 2.20. The SMILES string of the molecule is CC(NS(=O)(=O)CCCNC1CC1)c1ccccc1. The molecule has 1 fully saturated rings. The summed E-state index contributed by atoms with van der Waals surface area (Å²) in [5.74, 6) is 0.184. The van der Waals surface area contributed by atoms with Crippen molar-refractivity contribution in [1.29, 1.82) is 0 Å². The smallest absolute Gasteiger partial charge is 0.212 e. The Hall–Kier alpha value is -0.910. The van der Waals surface area contributed by atoms with Crippen LogP contribution in [0.5, 0.6) is 0 Å². The molecule has 5 heteroatoms. The number of sulfonamides is 1. The van der Waals surface area contributed by atoms with Crippen molar-refractivity contribution in [3.63, 3.8) is 0 Å². The summed E-state index contributed by atoms with van der Waals surface area (Å²) in [7, 11) is -3.20. The van der Waals surface area contributed by atoms with E-state index in [9.17, 15) is 8.42 Å². The Bertz CT molecular complexity index is 483. The Morgan fingerprint density at radius 3 is 2.58 bits per heavy atom. The molecule has 0 amide bonds. The lowest BCUT2D eigenvalue weighted by molar-refractivity contribution is 0.561. The van der Waals surface area contributed by atoms with E-state index in [-0.39, 0.29) is 11.8 Å². The normalized spacial score (nSPS) is 17.3. The molecule has 1 atom stereocenters. The molecule has 1 aromatic carbocycles. The first-order valence-electron chi connectivity index (χ1n) is 6.85. The van der Waals surface area contributed by atoms with Crippen molar-refractivity contribution in [1.82, 2.24) is 10.0 Å². The third-order valence-electron chi connectivity index (χ3n) is 3.26. The van der Waals surface area contributed by atoms with E-state index in [4.69, 9.17) is 0 Å². The molecule has 0 aliphatic heterocycles. The second kappa shape index (κ2) is 6.50. The first kappa shape index (κ1) is 14.5. The Labute approximate surface area is 115 Å². The van der Waals surface area contributed by atoms with Crippen molar-refractivity contribution in [3.8, 4) is 0 Å². The van der Waals surface area contributed by atoms with Gasteiger partial charge in [-0.3, -0.25) is 0 Å². The summed E-state index contributed by atoms with van der Waals surface area (Å²) in [5, 5.41) is 3.32. The fourth-order valence-electron chi connectivity index (χ4n) is 1.99. The van der Waals surface area contributed by atoms with Crippen molar-refractivity contribution in [2.75, 3.05) is 12.3 Å². The quantitative estimate of drug-likeness (QED) is 0.715. The molecule has 106 valence electrons. The topological polar surface area (TPSA) is 58.2 Å². The number of hydrogen-bond acceptors (Lipinski definition) is 3. The van der Waals surface area contributed by atoms with Crippen molar-refractivity contribution in [2.45, 2.75) is 38.3 Å². The molecule has 1 aliphatic carbocycles. The molecule has 4 nitrogen and oxygen atoms in total. The Morgan fingerprint density at radius 2 is 1.95 bits per heavy atom. The molecule has 19 heavy (non-hydrogen) atoms. The Morgan fingerprint density at radius 1 is 1.26 bits per heavy atom. The van der Waals surface area contributed by atoms with E-state index < -0.39 is 10.0 Å². The van der Waals surface area contributed by atoms with Crippen LogP contribution in [0.2, 0.25) is 0 Å². The first-order chi connectivity index (χ1) is 9.07. The van der Waals surface area contributed by atoms with E-state index in [0.717, 1.165) is 12.1 Å². The lowest BCUT2D eigenvalue weighted by atomic mass is 10.1. The fourth-order valence-corrected chi connectivity index (χ4v) is 3.31. The van der Waals surface area contributed by atoms with Crippen molar-refractivity contribution in [2.24, 2.45) is 0 Å². The van der Waals surface area contributed by atoms with Crippen LogP contribution in [-0.2, 0) is 10.0 Å². The zero-order chi connectivity index (χ0) is 13.7. The molecule has 1 saturated carbocycles. The van der Waals surface area contributed by atoms with Crippen LogP contribution >= 0.6 is 0 Å². The maximum Gasteiger partial charge on any atom is 0.212 e.